The number of hydrogen-bond acceptors (Lipinski definition) is 2. The number of rotatable bonds is 3. The molecule has 1 atom stereocenters. The Hall–Kier alpha value is -1.06. The molecule has 0 aliphatic heterocycles. The highest BCUT2D eigenvalue weighted by molar-refractivity contribution is 9.10. The van der Waals surface area contributed by atoms with Gasteiger partial charge in [0, 0.05) is 0 Å². The lowest BCUT2D eigenvalue weighted by Crippen LogP contribution is -2.13. The maximum absolute atomic E-state index is 6.12. The van der Waals surface area contributed by atoms with Gasteiger partial charge in [0.05, 0.1) is 16.8 Å². The molecule has 2 N–H and O–H groups in total. The van der Waals surface area contributed by atoms with Crippen molar-refractivity contribution < 1.29 is 4.42 Å². The number of benzene rings is 1. The van der Waals surface area contributed by atoms with Gasteiger partial charge in [-0.3, -0.25) is 0 Å². The van der Waals surface area contributed by atoms with Crippen LogP contribution in [0.3, 0.4) is 0 Å². The SMILES string of the molecule is Cc1ccccc1CC(N)c1occc1Br. The van der Waals surface area contributed by atoms with Gasteiger partial charge in [-0.15, -0.1) is 0 Å². The molecule has 1 aromatic heterocycles. The predicted octanol–water partition coefficient (Wildman–Crippen LogP) is 3.59. The molecule has 0 saturated heterocycles. The minimum atomic E-state index is -0.106. The average molecular weight is 280 g/mol. The first-order valence-corrected chi connectivity index (χ1v) is 6.00. The largest absolute Gasteiger partial charge is 0.466 e. The summed E-state index contributed by atoms with van der Waals surface area (Å²) < 4.78 is 6.30. The molecule has 0 saturated carbocycles. The molecule has 0 radical (unpaired) electrons. The van der Waals surface area contributed by atoms with Gasteiger partial charge in [-0.25, -0.2) is 0 Å². The lowest BCUT2D eigenvalue weighted by Gasteiger charge is -2.11. The molecular weight excluding hydrogens is 266 g/mol. The predicted molar refractivity (Wildman–Crippen MR) is 68.2 cm³/mol. The summed E-state index contributed by atoms with van der Waals surface area (Å²) >= 11 is 3.43. The monoisotopic (exact) mass is 279 g/mol. The van der Waals surface area contributed by atoms with Gasteiger partial charge >= 0.3 is 0 Å². The normalized spacial score (nSPS) is 12.7. The van der Waals surface area contributed by atoms with E-state index in [1.165, 1.54) is 11.1 Å². The average Bonchev–Trinajstić information content (AvgIpc) is 2.68. The van der Waals surface area contributed by atoms with Crippen molar-refractivity contribution >= 4 is 15.9 Å². The second kappa shape index (κ2) is 4.85. The number of halogens is 1. The van der Waals surface area contributed by atoms with E-state index in [1.807, 2.05) is 18.2 Å². The molecule has 2 nitrogen and oxygen atoms in total. The minimum absolute atomic E-state index is 0.106. The molecule has 1 unspecified atom stereocenters. The smallest absolute Gasteiger partial charge is 0.134 e. The van der Waals surface area contributed by atoms with Gasteiger partial charge in [0.2, 0.25) is 0 Å². The Morgan fingerprint density at radius 2 is 2.06 bits per heavy atom. The zero-order valence-electron chi connectivity index (χ0n) is 9.11. The van der Waals surface area contributed by atoms with Crippen molar-refractivity contribution in [2.45, 2.75) is 19.4 Å². The molecule has 1 heterocycles. The van der Waals surface area contributed by atoms with Gasteiger partial charge in [-0.2, -0.15) is 0 Å². The molecule has 1 aromatic carbocycles. The zero-order valence-corrected chi connectivity index (χ0v) is 10.7. The molecular formula is C13H14BrNO. The number of furan rings is 1. The highest BCUT2D eigenvalue weighted by atomic mass is 79.9. The standard InChI is InChI=1S/C13H14BrNO/c1-9-4-2-3-5-10(9)8-12(15)13-11(14)6-7-16-13/h2-7,12H,8,15H2,1H3. The molecule has 0 aliphatic rings. The van der Waals surface area contributed by atoms with Crippen LogP contribution < -0.4 is 5.73 Å². The van der Waals surface area contributed by atoms with E-state index in [0.717, 1.165) is 16.7 Å². The van der Waals surface area contributed by atoms with E-state index in [1.54, 1.807) is 6.26 Å². The number of aryl methyl sites for hydroxylation is 1. The molecule has 2 rings (SSSR count). The van der Waals surface area contributed by atoms with Gasteiger partial charge in [0.1, 0.15) is 5.76 Å². The van der Waals surface area contributed by atoms with E-state index in [2.05, 4.69) is 35.0 Å². The highest BCUT2D eigenvalue weighted by Crippen LogP contribution is 2.26. The molecule has 0 bridgehead atoms. The van der Waals surface area contributed by atoms with Gasteiger partial charge in [0.25, 0.3) is 0 Å². The summed E-state index contributed by atoms with van der Waals surface area (Å²) in [6.07, 6.45) is 2.44. The molecule has 0 spiro atoms. The summed E-state index contributed by atoms with van der Waals surface area (Å²) in [5.74, 6) is 0.809. The highest BCUT2D eigenvalue weighted by Gasteiger charge is 2.14. The fourth-order valence-electron chi connectivity index (χ4n) is 1.74. The van der Waals surface area contributed by atoms with Crippen LogP contribution >= 0.6 is 15.9 Å². The third kappa shape index (κ3) is 2.36. The molecule has 0 fully saturated rings. The van der Waals surface area contributed by atoms with E-state index < -0.39 is 0 Å². The molecule has 3 heteroatoms. The Labute approximate surface area is 104 Å². The third-order valence-electron chi connectivity index (χ3n) is 2.68. The van der Waals surface area contributed by atoms with E-state index in [9.17, 15) is 0 Å². The fraction of sp³-hybridized carbons (Fsp3) is 0.231. The van der Waals surface area contributed by atoms with Crippen molar-refractivity contribution in [3.63, 3.8) is 0 Å². The first kappa shape index (κ1) is 11.4. The molecule has 2 aromatic rings. The number of nitrogens with two attached hydrogens (primary N) is 1. The Morgan fingerprint density at radius 3 is 2.69 bits per heavy atom. The molecule has 0 amide bonds. The third-order valence-corrected chi connectivity index (χ3v) is 3.34. The van der Waals surface area contributed by atoms with E-state index >= 15 is 0 Å². The van der Waals surface area contributed by atoms with E-state index in [0.29, 0.717) is 0 Å². The van der Waals surface area contributed by atoms with Crippen LogP contribution in [0.4, 0.5) is 0 Å². The summed E-state index contributed by atoms with van der Waals surface area (Å²) in [5, 5.41) is 0. The molecule has 84 valence electrons. The first-order chi connectivity index (χ1) is 7.68. The zero-order chi connectivity index (χ0) is 11.5. The summed E-state index contributed by atoms with van der Waals surface area (Å²) in [4.78, 5) is 0. The molecule has 0 aliphatic carbocycles. The number of hydrogen-bond donors (Lipinski definition) is 1. The van der Waals surface area contributed by atoms with Gasteiger partial charge in [-0.1, -0.05) is 24.3 Å². The van der Waals surface area contributed by atoms with Gasteiger partial charge in [-0.05, 0) is 46.5 Å². The van der Waals surface area contributed by atoms with Gasteiger partial charge < -0.3 is 10.2 Å². The van der Waals surface area contributed by atoms with Crippen LogP contribution in [-0.4, -0.2) is 0 Å². The maximum atomic E-state index is 6.12. The Kier molecular flexibility index (Phi) is 3.46. The first-order valence-electron chi connectivity index (χ1n) is 5.21. The lowest BCUT2D eigenvalue weighted by molar-refractivity contribution is 0.462. The van der Waals surface area contributed by atoms with Crippen molar-refractivity contribution in [1.82, 2.24) is 0 Å². The second-order valence-corrected chi connectivity index (χ2v) is 4.72. The Morgan fingerprint density at radius 1 is 1.31 bits per heavy atom. The summed E-state index contributed by atoms with van der Waals surface area (Å²) in [7, 11) is 0. The van der Waals surface area contributed by atoms with E-state index in [4.69, 9.17) is 10.2 Å². The van der Waals surface area contributed by atoms with Crippen LogP contribution in [0.2, 0.25) is 0 Å². The van der Waals surface area contributed by atoms with Gasteiger partial charge in [0.15, 0.2) is 0 Å². The van der Waals surface area contributed by atoms with Crippen LogP contribution in [0.15, 0.2) is 45.5 Å². The summed E-state index contributed by atoms with van der Waals surface area (Å²) in [5.41, 5.74) is 8.64. The van der Waals surface area contributed by atoms with Crippen LogP contribution in [0.1, 0.15) is 22.9 Å². The second-order valence-electron chi connectivity index (χ2n) is 3.87. The quantitative estimate of drug-likeness (QED) is 0.933. The van der Waals surface area contributed by atoms with Crippen LogP contribution in [0, 0.1) is 6.92 Å². The summed E-state index contributed by atoms with van der Waals surface area (Å²) in [6, 6.07) is 10.0. The van der Waals surface area contributed by atoms with Crippen LogP contribution in [-0.2, 0) is 6.42 Å². The summed E-state index contributed by atoms with van der Waals surface area (Å²) in [6.45, 7) is 2.10. The minimum Gasteiger partial charge on any atom is -0.466 e. The van der Waals surface area contributed by atoms with Crippen molar-refractivity contribution in [1.29, 1.82) is 0 Å². The van der Waals surface area contributed by atoms with E-state index in [-0.39, 0.29) is 6.04 Å². The molecule has 16 heavy (non-hydrogen) atoms. The topological polar surface area (TPSA) is 39.2 Å². The van der Waals surface area contributed by atoms with Crippen molar-refractivity contribution in [2.75, 3.05) is 0 Å². The van der Waals surface area contributed by atoms with Crippen molar-refractivity contribution in [2.24, 2.45) is 5.73 Å². The fourth-order valence-corrected chi connectivity index (χ4v) is 2.23. The van der Waals surface area contributed by atoms with Crippen LogP contribution in [0.5, 0.6) is 0 Å². The Balaban J connectivity index is 2.17. The van der Waals surface area contributed by atoms with Crippen molar-refractivity contribution in [3.05, 3.63) is 58.0 Å². The lowest BCUT2D eigenvalue weighted by atomic mass is 10.0. The van der Waals surface area contributed by atoms with Crippen molar-refractivity contribution in [3.8, 4) is 0 Å². The van der Waals surface area contributed by atoms with Crippen LogP contribution in [0.25, 0.3) is 0 Å². The maximum Gasteiger partial charge on any atom is 0.134 e. The Bertz CT molecular complexity index is 478.